The third-order valence-electron chi connectivity index (χ3n) is 3.05. The molecule has 1 unspecified atom stereocenters. The summed E-state index contributed by atoms with van der Waals surface area (Å²) >= 11 is 0. The topological polar surface area (TPSA) is 54.9 Å². The number of guanidine groups is 1. The van der Waals surface area contributed by atoms with Crippen LogP contribution in [-0.2, 0) is 9.47 Å². The highest BCUT2D eigenvalue weighted by atomic mass is 16.5. The number of rotatable bonds is 9. The van der Waals surface area contributed by atoms with Crippen LogP contribution in [0.3, 0.4) is 0 Å². The van der Waals surface area contributed by atoms with Gasteiger partial charge in [0.15, 0.2) is 5.96 Å². The van der Waals surface area contributed by atoms with Gasteiger partial charge in [-0.1, -0.05) is 0 Å². The molecule has 0 aromatic heterocycles. The average molecular weight is 271 g/mol. The molecule has 19 heavy (non-hydrogen) atoms. The van der Waals surface area contributed by atoms with Gasteiger partial charge in [0.25, 0.3) is 0 Å². The molecular formula is C14H29N3O2. The Morgan fingerprint density at radius 2 is 2.26 bits per heavy atom. The lowest BCUT2D eigenvalue weighted by molar-refractivity contribution is 0.105. The van der Waals surface area contributed by atoms with Gasteiger partial charge in [-0.15, -0.1) is 0 Å². The first-order valence-electron chi connectivity index (χ1n) is 7.58. The highest BCUT2D eigenvalue weighted by Crippen LogP contribution is 2.14. The minimum absolute atomic E-state index is 0.438. The lowest BCUT2D eigenvalue weighted by Gasteiger charge is -2.13. The van der Waals surface area contributed by atoms with Crippen LogP contribution in [0.15, 0.2) is 4.99 Å². The molecule has 0 aromatic rings. The molecular weight excluding hydrogens is 242 g/mol. The van der Waals surface area contributed by atoms with E-state index in [0.29, 0.717) is 6.10 Å². The van der Waals surface area contributed by atoms with Crippen LogP contribution >= 0.6 is 0 Å². The van der Waals surface area contributed by atoms with Crippen molar-refractivity contribution in [2.45, 2.75) is 45.6 Å². The molecule has 0 aromatic carbocycles. The summed E-state index contributed by atoms with van der Waals surface area (Å²) in [7, 11) is 0. The molecule has 1 aliphatic heterocycles. The Balaban J connectivity index is 2.12. The van der Waals surface area contributed by atoms with E-state index in [1.165, 1.54) is 12.8 Å². The van der Waals surface area contributed by atoms with E-state index in [1.54, 1.807) is 0 Å². The molecule has 0 aliphatic carbocycles. The van der Waals surface area contributed by atoms with Gasteiger partial charge < -0.3 is 20.1 Å². The van der Waals surface area contributed by atoms with Gasteiger partial charge in [-0.05, 0) is 39.5 Å². The van der Waals surface area contributed by atoms with E-state index >= 15 is 0 Å². The zero-order valence-corrected chi connectivity index (χ0v) is 12.4. The minimum atomic E-state index is 0.438. The van der Waals surface area contributed by atoms with E-state index in [9.17, 15) is 0 Å². The molecule has 0 radical (unpaired) electrons. The van der Waals surface area contributed by atoms with Gasteiger partial charge in [0.1, 0.15) is 0 Å². The van der Waals surface area contributed by atoms with Crippen LogP contribution < -0.4 is 10.6 Å². The molecule has 1 rings (SSSR count). The van der Waals surface area contributed by atoms with E-state index in [0.717, 1.165) is 58.3 Å². The Bertz CT molecular complexity index is 241. The summed E-state index contributed by atoms with van der Waals surface area (Å²) < 4.78 is 10.9. The molecule has 1 heterocycles. The van der Waals surface area contributed by atoms with Crippen molar-refractivity contribution in [2.75, 3.05) is 39.5 Å². The zero-order valence-electron chi connectivity index (χ0n) is 12.4. The van der Waals surface area contributed by atoms with Crippen LogP contribution in [0.5, 0.6) is 0 Å². The van der Waals surface area contributed by atoms with Crippen molar-refractivity contribution in [3.05, 3.63) is 0 Å². The lowest BCUT2D eigenvalue weighted by atomic mass is 10.2. The number of aliphatic imine (C=N–C) groups is 1. The highest BCUT2D eigenvalue weighted by Gasteiger charge is 2.14. The van der Waals surface area contributed by atoms with Crippen molar-refractivity contribution >= 4 is 5.96 Å². The van der Waals surface area contributed by atoms with Crippen molar-refractivity contribution < 1.29 is 9.47 Å². The Labute approximate surface area is 117 Å². The molecule has 0 spiro atoms. The first-order chi connectivity index (χ1) is 9.36. The van der Waals surface area contributed by atoms with Crippen molar-refractivity contribution in [3.8, 4) is 0 Å². The van der Waals surface area contributed by atoms with Crippen LogP contribution in [-0.4, -0.2) is 51.5 Å². The van der Waals surface area contributed by atoms with Gasteiger partial charge in [-0.3, -0.25) is 4.99 Å². The third-order valence-corrected chi connectivity index (χ3v) is 3.05. The monoisotopic (exact) mass is 271 g/mol. The Morgan fingerprint density at radius 1 is 1.37 bits per heavy atom. The van der Waals surface area contributed by atoms with E-state index in [2.05, 4.69) is 22.5 Å². The first-order valence-corrected chi connectivity index (χ1v) is 7.58. The number of hydrogen-bond donors (Lipinski definition) is 2. The molecule has 5 heteroatoms. The van der Waals surface area contributed by atoms with Gasteiger partial charge in [-0.25, -0.2) is 0 Å². The number of nitrogens with zero attached hydrogens (tertiary/aromatic N) is 1. The summed E-state index contributed by atoms with van der Waals surface area (Å²) in [5.41, 5.74) is 0. The van der Waals surface area contributed by atoms with Gasteiger partial charge in [0, 0.05) is 39.5 Å². The van der Waals surface area contributed by atoms with Crippen molar-refractivity contribution in [2.24, 2.45) is 4.99 Å². The zero-order chi connectivity index (χ0) is 13.8. The average Bonchev–Trinajstić information content (AvgIpc) is 2.91. The fourth-order valence-corrected chi connectivity index (χ4v) is 2.07. The van der Waals surface area contributed by atoms with Crippen LogP contribution in [0, 0.1) is 0 Å². The van der Waals surface area contributed by atoms with Crippen LogP contribution in [0.25, 0.3) is 0 Å². The molecule has 2 N–H and O–H groups in total. The fourth-order valence-electron chi connectivity index (χ4n) is 2.07. The molecule has 0 bridgehead atoms. The SMILES string of the molecule is CCNC(=NCCCOCC)NCCC1CCCO1. The van der Waals surface area contributed by atoms with Crippen LogP contribution in [0.4, 0.5) is 0 Å². The number of ether oxygens (including phenoxy) is 2. The van der Waals surface area contributed by atoms with Crippen molar-refractivity contribution in [3.63, 3.8) is 0 Å². The standard InChI is InChI=1S/C14H29N3O2/c1-3-15-14(16-9-6-11-18-4-2)17-10-8-13-7-5-12-19-13/h13H,3-12H2,1-2H3,(H2,15,16,17). The second-order valence-corrected chi connectivity index (χ2v) is 4.66. The van der Waals surface area contributed by atoms with Crippen LogP contribution in [0.2, 0.25) is 0 Å². The molecule has 1 atom stereocenters. The number of nitrogens with one attached hydrogen (secondary N) is 2. The van der Waals surface area contributed by atoms with E-state index in [1.807, 2.05) is 6.92 Å². The van der Waals surface area contributed by atoms with E-state index in [4.69, 9.17) is 9.47 Å². The molecule has 1 saturated heterocycles. The maximum Gasteiger partial charge on any atom is 0.191 e. The minimum Gasteiger partial charge on any atom is -0.382 e. The largest absolute Gasteiger partial charge is 0.382 e. The summed E-state index contributed by atoms with van der Waals surface area (Å²) in [6, 6.07) is 0. The maximum atomic E-state index is 5.60. The Hall–Kier alpha value is -0.810. The van der Waals surface area contributed by atoms with Crippen molar-refractivity contribution in [1.82, 2.24) is 10.6 Å². The molecule has 112 valence electrons. The summed E-state index contributed by atoms with van der Waals surface area (Å²) in [6.07, 6.45) is 4.87. The fraction of sp³-hybridized carbons (Fsp3) is 0.929. The first kappa shape index (κ1) is 16.2. The molecule has 1 aliphatic rings. The predicted molar refractivity (Wildman–Crippen MR) is 78.7 cm³/mol. The highest BCUT2D eigenvalue weighted by molar-refractivity contribution is 5.79. The van der Waals surface area contributed by atoms with Crippen molar-refractivity contribution in [1.29, 1.82) is 0 Å². The molecule has 5 nitrogen and oxygen atoms in total. The quantitative estimate of drug-likeness (QED) is 0.379. The van der Waals surface area contributed by atoms with E-state index in [-0.39, 0.29) is 0 Å². The van der Waals surface area contributed by atoms with Crippen LogP contribution in [0.1, 0.15) is 39.5 Å². The summed E-state index contributed by atoms with van der Waals surface area (Å²) in [5.74, 6) is 0.900. The Kier molecular flexibility index (Phi) is 9.45. The van der Waals surface area contributed by atoms with Gasteiger partial charge >= 0.3 is 0 Å². The summed E-state index contributed by atoms with van der Waals surface area (Å²) in [6.45, 7) is 9.20. The lowest BCUT2D eigenvalue weighted by Crippen LogP contribution is -2.38. The second kappa shape index (κ2) is 11.1. The maximum absolute atomic E-state index is 5.60. The summed E-state index contributed by atoms with van der Waals surface area (Å²) in [4.78, 5) is 4.52. The normalized spacial score (nSPS) is 19.7. The molecule has 0 saturated carbocycles. The van der Waals surface area contributed by atoms with E-state index < -0.39 is 0 Å². The van der Waals surface area contributed by atoms with Gasteiger partial charge in [-0.2, -0.15) is 0 Å². The third kappa shape index (κ3) is 8.06. The molecule has 1 fully saturated rings. The second-order valence-electron chi connectivity index (χ2n) is 4.66. The smallest absolute Gasteiger partial charge is 0.191 e. The predicted octanol–water partition coefficient (Wildman–Crippen LogP) is 1.54. The summed E-state index contributed by atoms with van der Waals surface area (Å²) in [5, 5.41) is 6.61. The van der Waals surface area contributed by atoms with Gasteiger partial charge in [0.2, 0.25) is 0 Å². The number of hydrogen-bond acceptors (Lipinski definition) is 3. The molecule has 0 amide bonds. The van der Waals surface area contributed by atoms with Gasteiger partial charge in [0.05, 0.1) is 6.10 Å². The Morgan fingerprint density at radius 3 is 2.95 bits per heavy atom.